The lowest BCUT2D eigenvalue weighted by molar-refractivity contribution is -0.144. The van der Waals surface area contributed by atoms with Crippen LogP contribution in [0.1, 0.15) is 164 Å². The average Bonchev–Trinajstić information content (AvgIpc) is 1.63. The zero-order valence-corrected chi connectivity index (χ0v) is 76.8. The van der Waals surface area contributed by atoms with Gasteiger partial charge in [0.05, 0.1) is 55.9 Å². The van der Waals surface area contributed by atoms with Crippen LogP contribution in [0.25, 0.3) is 0 Å². The molecule has 744 valence electrons. The maximum atomic E-state index is 14.7. The second-order valence-electron chi connectivity index (χ2n) is 33.9. The maximum Gasteiger partial charge on any atom is 0.305 e. The van der Waals surface area contributed by atoms with Crippen LogP contribution in [0.4, 0.5) is 0 Å². The number of carboxylic acid groups (broad SMARTS) is 3. The zero-order chi connectivity index (χ0) is 102. The average molecular weight is 1910 g/mol. The van der Waals surface area contributed by atoms with Crippen LogP contribution in [0.2, 0.25) is 0 Å². The second-order valence-corrected chi connectivity index (χ2v) is 33.9. The Morgan fingerprint density at radius 1 is 0.397 bits per heavy atom. The van der Waals surface area contributed by atoms with Gasteiger partial charge in [0.25, 0.3) is 11.8 Å². The molecule has 0 bridgehead atoms. The highest BCUT2D eigenvalue weighted by atomic mass is 16.4. The van der Waals surface area contributed by atoms with Gasteiger partial charge in [0.2, 0.25) is 88.6 Å². The van der Waals surface area contributed by atoms with Gasteiger partial charge in [0, 0.05) is 44.8 Å². The minimum atomic E-state index is -2.24. The molecule has 1 aliphatic rings. The van der Waals surface area contributed by atoms with Gasteiger partial charge in [0.1, 0.15) is 89.4 Å². The first-order valence-electron chi connectivity index (χ1n) is 44.1. The van der Waals surface area contributed by atoms with Crippen molar-refractivity contribution in [2.75, 3.05) is 39.4 Å². The molecule has 0 unspecified atom stereocenters. The molecule has 0 saturated heterocycles. The number of fused-ring (bicyclic) bond motifs is 1. The monoisotopic (exact) mass is 1910 g/mol. The SMILES string of the molecule is CC[C@H](C)[C@H](NC(=O)[C@H](CO)NC(=O)[C@H](Cc1ccc(O)cc1)NC(=O)[C@H](CC(=O)O)NC(=O)[C@H](CO)NC(=O)[C@@H](NC(=O)[C@H](Cc1ccccc1)NC(=O)[C@@H](NC(=O)CNC(=O)[C@H](CCC(=O)O)NC(=O)C(C)(C)C(=O)NCCCN1C(=O)c2ccccc2C1=O)[C@@H](C)O)[C@@H](C)O)C(=O)N[C@@H](Cc1ccc(O)cc1)C(=O)N[C@@H](CC(C)C)C(=O)N[C@@H](CC(=O)O)C(=O)N[C@H](C)CCCCN. The third kappa shape index (κ3) is 36.0. The van der Waals surface area contributed by atoms with Gasteiger partial charge in [-0.2, -0.15) is 0 Å². The molecule has 16 atom stereocenters. The number of unbranched alkanes of at least 4 members (excludes halogenated alkanes) is 1. The highest BCUT2D eigenvalue weighted by molar-refractivity contribution is 6.21. The number of aliphatic hydroxyl groups excluding tert-OH is 4. The lowest BCUT2D eigenvalue weighted by atomic mass is 9.90. The predicted molar refractivity (Wildman–Crippen MR) is 481 cm³/mol. The van der Waals surface area contributed by atoms with Gasteiger partial charge >= 0.3 is 17.9 Å². The number of phenolic OH excluding ortho intramolecular Hbond substituents is 2. The van der Waals surface area contributed by atoms with E-state index in [0.29, 0.717) is 36.9 Å². The summed E-state index contributed by atoms with van der Waals surface area (Å²) in [7, 11) is 0. The molecule has 0 aliphatic carbocycles. The first-order valence-corrected chi connectivity index (χ1v) is 44.1. The van der Waals surface area contributed by atoms with Crippen LogP contribution in [0.3, 0.4) is 0 Å². The summed E-state index contributed by atoms with van der Waals surface area (Å²) in [6, 6.07) is 1.52. The number of phenols is 2. The quantitative estimate of drug-likeness (QED) is 0.0112. The van der Waals surface area contributed by atoms with Crippen LogP contribution < -0.4 is 85.5 Å². The van der Waals surface area contributed by atoms with E-state index in [1.807, 2.05) is 0 Å². The largest absolute Gasteiger partial charge is 0.508 e. The highest BCUT2D eigenvalue weighted by Crippen LogP contribution is 2.24. The first-order chi connectivity index (χ1) is 64.1. The molecular weight excluding hydrogens is 1780 g/mol. The van der Waals surface area contributed by atoms with Crippen LogP contribution in [0.5, 0.6) is 11.5 Å². The Balaban J connectivity index is 1.30. The van der Waals surface area contributed by atoms with Gasteiger partial charge in [-0.25, -0.2) is 0 Å². The van der Waals surface area contributed by atoms with Crippen LogP contribution in [-0.2, 0) is 106 Å². The second kappa shape index (κ2) is 54.9. The summed E-state index contributed by atoms with van der Waals surface area (Å²) >= 11 is 0. The molecule has 1 heterocycles. The zero-order valence-electron chi connectivity index (χ0n) is 76.8. The summed E-state index contributed by atoms with van der Waals surface area (Å²) < 4.78 is 0. The maximum absolute atomic E-state index is 14.7. The molecular formula is C90H125N17O29. The molecule has 0 radical (unpaired) electrons. The van der Waals surface area contributed by atoms with Gasteiger partial charge in [-0.15, -0.1) is 0 Å². The summed E-state index contributed by atoms with van der Waals surface area (Å²) in [5.41, 5.74) is 4.94. The van der Waals surface area contributed by atoms with E-state index in [0.717, 1.165) is 18.7 Å². The number of amides is 17. The van der Waals surface area contributed by atoms with E-state index < -0.39 is 279 Å². The summed E-state index contributed by atoms with van der Waals surface area (Å²) in [5.74, 6) is -24.9. The third-order valence-electron chi connectivity index (χ3n) is 21.9. The van der Waals surface area contributed by atoms with Gasteiger partial charge in [-0.1, -0.05) is 107 Å². The van der Waals surface area contributed by atoms with E-state index in [-0.39, 0.29) is 72.9 Å². The van der Waals surface area contributed by atoms with E-state index in [9.17, 15) is 142 Å². The summed E-state index contributed by atoms with van der Waals surface area (Å²) in [5, 5.41) is 128. The number of nitrogens with one attached hydrogen (secondary N) is 15. The molecule has 46 nitrogen and oxygen atoms in total. The summed E-state index contributed by atoms with van der Waals surface area (Å²) in [4.78, 5) is 274. The number of benzene rings is 4. The predicted octanol–water partition coefficient (Wildman–Crippen LogP) is -4.83. The fraction of sp³-hybridized carbons (Fsp3) is 0.511. The lowest BCUT2D eigenvalue weighted by Gasteiger charge is -2.30. The standard InChI is InChI=1S/C90H125N17O29/c1-10-47(4)71(83(130)99-61(40-53-26-30-55(113)31-27-53)77(124)95-59(37-46(2)3)76(123)97-63(41-69(117)118)75(122)94-48(5)19-16-17-34-91)105-82(129)66(45-109)101-78(125)60(39-52-24-28-54(112)29-25-52)96-79(126)64(42-70(119)120)98-81(128)65(44-108)102-85(132)73(50(7)111)106-80(127)62(38-51-20-12-11-13-21-51)100-84(131)72(49(6)110)104-67(114)43-93-74(121)58(32-33-68(115)116)103-89(136)90(8,9)88(135)92-35-18-36-107-86(133)56-22-14-15-23-57(56)87(107)134/h11-15,20-31,46-50,58-66,71-73,108-113H,10,16-19,32-45,91H2,1-9H3,(H,92,135)(H,93,121)(H,94,122)(H,95,124)(H,96,126)(H,97,123)(H,98,128)(H,99,130)(H,100,131)(H,101,125)(H,102,132)(H,103,136)(H,104,114)(H,105,129)(H,106,127)(H,115,116)(H,117,118)(H,119,120)/t47-,48+,49+,50+,58-,59-,60-,61-,62-,63-,64-,65-,66-,71-,72-,73-/m0/s1. The molecule has 0 spiro atoms. The minimum Gasteiger partial charge on any atom is -0.508 e. The number of nitrogens with two attached hydrogens (primary N) is 1. The van der Waals surface area contributed by atoms with Crippen LogP contribution in [0, 0.1) is 17.3 Å². The fourth-order valence-electron chi connectivity index (χ4n) is 13.8. The normalized spacial score (nSPS) is 15.2. The smallest absolute Gasteiger partial charge is 0.305 e. The number of aliphatic hydroxyl groups is 4. The van der Waals surface area contributed by atoms with Gasteiger partial charge in [0.15, 0.2) is 0 Å². The Bertz CT molecular complexity index is 4830. The molecule has 4 aromatic rings. The van der Waals surface area contributed by atoms with Gasteiger partial charge in [-0.3, -0.25) is 101 Å². The summed E-state index contributed by atoms with van der Waals surface area (Å²) in [6.07, 6.45) is -6.60. The molecule has 46 heteroatoms. The van der Waals surface area contributed by atoms with E-state index in [1.54, 1.807) is 45.9 Å². The molecule has 0 aromatic heterocycles. The highest BCUT2D eigenvalue weighted by Gasteiger charge is 2.43. The Hall–Kier alpha value is -14.1. The number of aliphatic carboxylic acids is 3. The van der Waals surface area contributed by atoms with Crippen molar-refractivity contribution in [2.24, 2.45) is 23.0 Å². The fourth-order valence-corrected chi connectivity index (χ4v) is 13.8. The van der Waals surface area contributed by atoms with Crippen LogP contribution in [0.15, 0.2) is 103 Å². The van der Waals surface area contributed by atoms with E-state index in [2.05, 4.69) is 79.8 Å². The Morgan fingerprint density at radius 3 is 1.24 bits per heavy atom. The number of aromatic hydroxyl groups is 2. The first kappa shape index (κ1) is 112. The number of carbonyl (C=O) groups is 20. The van der Waals surface area contributed by atoms with Crippen molar-refractivity contribution in [2.45, 2.75) is 237 Å². The van der Waals surface area contributed by atoms with Crippen LogP contribution in [-0.4, -0.2) is 299 Å². The number of imide groups is 1. The third-order valence-corrected chi connectivity index (χ3v) is 21.9. The molecule has 17 amide bonds. The Kier molecular flexibility index (Phi) is 45.4. The minimum absolute atomic E-state index is 0.0732. The number of carboxylic acids is 3. The van der Waals surface area contributed by atoms with Crippen molar-refractivity contribution in [3.8, 4) is 11.5 Å². The van der Waals surface area contributed by atoms with Crippen LogP contribution >= 0.6 is 0 Å². The van der Waals surface area contributed by atoms with Crippen molar-refractivity contribution < 1.29 is 142 Å². The molecule has 1 aliphatic heterocycles. The molecule has 136 heavy (non-hydrogen) atoms. The van der Waals surface area contributed by atoms with E-state index >= 15 is 0 Å². The lowest BCUT2D eigenvalue weighted by Crippen LogP contribution is -2.63. The van der Waals surface area contributed by atoms with Crippen molar-refractivity contribution in [1.82, 2.24) is 84.7 Å². The number of hydrogen-bond acceptors (Lipinski definition) is 27. The number of nitrogens with zero attached hydrogens (tertiary/aromatic N) is 1. The summed E-state index contributed by atoms with van der Waals surface area (Å²) in [6.45, 7) is 9.23. The number of carbonyl (C=O) groups excluding carboxylic acids is 17. The van der Waals surface area contributed by atoms with Crippen molar-refractivity contribution in [1.29, 1.82) is 0 Å². The molecule has 4 aromatic carbocycles. The number of rotatable bonds is 58. The molecule has 0 saturated carbocycles. The molecule has 5 rings (SSSR count). The van der Waals surface area contributed by atoms with Gasteiger partial charge < -0.3 is 131 Å². The van der Waals surface area contributed by atoms with Crippen molar-refractivity contribution in [3.63, 3.8) is 0 Å². The van der Waals surface area contributed by atoms with Gasteiger partial charge in [-0.05, 0) is 138 Å². The van der Waals surface area contributed by atoms with E-state index in [4.69, 9.17) is 5.73 Å². The Labute approximate surface area is 782 Å². The number of hydrogen-bond donors (Lipinski definition) is 25. The topological polar surface area (TPSA) is 733 Å². The Morgan fingerprint density at radius 2 is 0.787 bits per heavy atom. The van der Waals surface area contributed by atoms with Crippen molar-refractivity contribution >= 4 is 118 Å². The molecule has 0 fully saturated rings. The molecule has 26 N–H and O–H groups in total. The van der Waals surface area contributed by atoms with E-state index in [1.165, 1.54) is 106 Å². The van der Waals surface area contributed by atoms with Crippen molar-refractivity contribution in [3.05, 3.63) is 131 Å².